The van der Waals surface area contributed by atoms with Gasteiger partial charge in [0.15, 0.2) is 0 Å². The molecule has 4 bridgehead atoms. The standard InChI is InChI=1S/C17H26ClNO2/c1-10-9-21-15(7-18)8-19(10)17(20)16-13-3-11-2-12(5-13)6-14(16)4-11/h10-16H,2-9H2,1H3. The summed E-state index contributed by atoms with van der Waals surface area (Å²) in [5, 5.41) is 0. The fourth-order valence-corrected chi connectivity index (χ4v) is 5.92. The van der Waals surface area contributed by atoms with E-state index in [-0.39, 0.29) is 12.1 Å². The summed E-state index contributed by atoms with van der Waals surface area (Å²) in [6.45, 7) is 3.43. The van der Waals surface area contributed by atoms with Gasteiger partial charge in [-0.3, -0.25) is 4.79 Å². The third-order valence-electron chi connectivity index (χ3n) is 6.47. The van der Waals surface area contributed by atoms with Gasteiger partial charge in [0.05, 0.1) is 24.6 Å². The Labute approximate surface area is 132 Å². The molecule has 1 heterocycles. The van der Waals surface area contributed by atoms with Crippen molar-refractivity contribution in [3.05, 3.63) is 0 Å². The number of rotatable bonds is 2. The topological polar surface area (TPSA) is 29.5 Å². The minimum absolute atomic E-state index is 0.0173. The molecule has 1 aliphatic heterocycles. The van der Waals surface area contributed by atoms with Crippen molar-refractivity contribution in [3.8, 4) is 0 Å². The van der Waals surface area contributed by atoms with E-state index in [0.717, 1.165) is 11.8 Å². The third-order valence-corrected chi connectivity index (χ3v) is 6.82. The summed E-state index contributed by atoms with van der Waals surface area (Å²) < 4.78 is 5.70. The van der Waals surface area contributed by atoms with Crippen LogP contribution < -0.4 is 0 Å². The van der Waals surface area contributed by atoms with Crippen LogP contribution in [0.3, 0.4) is 0 Å². The van der Waals surface area contributed by atoms with Crippen LogP contribution in [0, 0.1) is 29.6 Å². The number of alkyl halides is 1. The van der Waals surface area contributed by atoms with Crippen LogP contribution in [0.1, 0.15) is 39.0 Å². The average Bonchev–Trinajstić information content (AvgIpc) is 2.46. The van der Waals surface area contributed by atoms with Crippen molar-refractivity contribution in [2.75, 3.05) is 19.0 Å². The quantitative estimate of drug-likeness (QED) is 0.734. The summed E-state index contributed by atoms with van der Waals surface area (Å²) in [7, 11) is 0. The number of carbonyl (C=O) groups is 1. The van der Waals surface area contributed by atoms with Gasteiger partial charge in [0.1, 0.15) is 0 Å². The molecule has 0 radical (unpaired) electrons. The molecular formula is C17H26ClNO2. The van der Waals surface area contributed by atoms with Crippen LogP contribution >= 0.6 is 11.6 Å². The van der Waals surface area contributed by atoms with E-state index in [2.05, 4.69) is 11.8 Å². The summed E-state index contributed by atoms with van der Waals surface area (Å²) in [6.07, 6.45) is 6.68. The van der Waals surface area contributed by atoms with Crippen molar-refractivity contribution in [1.29, 1.82) is 0 Å². The highest BCUT2D eigenvalue weighted by atomic mass is 35.5. The molecule has 0 aromatic rings. The zero-order valence-electron chi connectivity index (χ0n) is 12.8. The Balaban J connectivity index is 1.51. The molecule has 5 rings (SSSR count). The van der Waals surface area contributed by atoms with Gasteiger partial charge in [0.2, 0.25) is 5.91 Å². The van der Waals surface area contributed by atoms with Crippen molar-refractivity contribution in [1.82, 2.24) is 4.90 Å². The van der Waals surface area contributed by atoms with Gasteiger partial charge in [0.25, 0.3) is 0 Å². The van der Waals surface area contributed by atoms with Crippen molar-refractivity contribution in [3.63, 3.8) is 0 Å². The van der Waals surface area contributed by atoms with E-state index >= 15 is 0 Å². The lowest BCUT2D eigenvalue weighted by molar-refractivity contribution is -0.160. The lowest BCUT2D eigenvalue weighted by atomic mass is 9.51. The summed E-state index contributed by atoms with van der Waals surface area (Å²) >= 11 is 5.94. The lowest BCUT2D eigenvalue weighted by Crippen LogP contribution is -2.58. The maximum Gasteiger partial charge on any atom is 0.226 e. The molecule has 0 aromatic carbocycles. The number of nitrogens with zero attached hydrogens (tertiary/aromatic N) is 1. The maximum absolute atomic E-state index is 13.2. The maximum atomic E-state index is 13.2. The molecule has 5 fully saturated rings. The molecule has 4 saturated carbocycles. The number of amides is 1. The second kappa shape index (κ2) is 5.42. The normalized spacial score (nSPS) is 48.7. The molecule has 0 N–H and O–H groups in total. The Bertz CT molecular complexity index is 399. The number of halogens is 1. The van der Waals surface area contributed by atoms with E-state index in [1.165, 1.54) is 32.1 Å². The zero-order chi connectivity index (χ0) is 14.6. The molecule has 3 nitrogen and oxygen atoms in total. The minimum atomic E-state index is 0.0173. The molecule has 21 heavy (non-hydrogen) atoms. The first-order chi connectivity index (χ1) is 10.2. The van der Waals surface area contributed by atoms with E-state index in [9.17, 15) is 4.79 Å². The van der Waals surface area contributed by atoms with Gasteiger partial charge in [-0.2, -0.15) is 0 Å². The molecule has 1 amide bonds. The number of morpholine rings is 1. The smallest absolute Gasteiger partial charge is 0.226 e. The zero-order valence-corrected chi connectivity index (χ0v) is 13.6. The Morgan fingerprint density at radius 3 is 2.33 bits per heavy atom. The van der Waals surface area contributed by atoms with Gasteiger partial charge in [-0.1, -0.05) is 0 Å². The monoisotopic (exact) mass is 311 g/mol. The van der Waals surface area contributed by atoms with E-state index in [1.807, 2.05) is 0 Å². The van der Waals surface area contributed by atoms with Gasteiger partial charge in [-0.15, -0.1) is 11.6 Å². The second-order valence-corrected chi connectivity index (χ2v) is 8.21. The van der Waals surface area contributed by atoms with Gasteiger partial charge in [0, 0.05) is 12.5 Å². The van der Waals surface area contributed by atoms with Crippen molar-refractivity contribution in [2.24, 2.45) is 29.6 Å². The van der Waals surface area contributed by atoms with Crippen LogP contribution in [0.5, 0.6) is 0 Å². The van der Waals surface area contributed by atoms with Gasteiger partial charge in [-0.25, -0.2) is 0 Å². The van der Waals surface area contributed by atoms with E-state index in [0.29, 0.717) is 42.7 Å². The molecule has 2 atom stereocenters. The van der Waals surface area contributed by atoms with Crippen molar-refractivity contribution in [2.45, 2.75) is 51.2 Å². The number of carbonyl (C=O) groups excluding carboxylic acids is 1. The highest BCUT2D eigenvalue weighted by Gasteiger charge is 2.52. The highest BCUT2D eigenvalue weighted by molar-refractivity contribution is 6.18. The first-order valence-electron chi connectivity index (χ1n) is 8.63. The van der Waals surface area contributed by atoms with E-state index in [1.54, 1.807) is 0 Å². The largest absolute Gasteiger partial charge is 0.373 e. The Morgan fingerprint density at radius 2 is 1.76 bits per heavy atom. The predicted molar refractivity (Wildman–Crippen MR) is 82.2 cm³/mol. The number of ether oxygens (including phenoxy) is 1. The van der Waals surface area contributed by atoms with Crippen LogP contribution in [0.15, 0.2) is 0 Å². The Morgan fingerprint density at radius 1 is 1.14 bits per heavy atom. The summed E-state index contributed by atoms with van der Waals surface area (Å²) in [5.41, 5.74) is 0. The molecule has 0 aromatic heterocycles. The molecule has 0 spiro atoms. The lowest BCUT2D eigenvalue weighted by Gasteiger charge is -2.55. The number of hydrogen-bond acceptors (Lipinski definition) is 2. The molecule has 4 aliphatic carbocycles. The van der Waals surface area contributed by atoms with Crippen molar-refractivity contribution < 1.29 is 9.53 Å². The molecule has 118 valence electrons. The summed E-state index contributed by atoms with van der Waals surface area (Å²) in [4.78, 5) is 15.3. The Kier molecular flexibility index (Phi) is 3.69. The van der Waals surface area contributed by atoms with Crippen LogP contribution in [0.4, 0.5) is 0 Å². The molecule has 4 heteroatoms. The fourth-order valence-electron chi connectivity index (χ4n) is 5.74. The van der Waals surface area contributed by atoms with E-state index < -0.39 is 0 Å². The first-order valence-corrected chi connectivity index (χ1v) is 9.17. The van der Waals surface area contributed by atoms with Crippen LogP contribution in [0.2, 0.25) is 0 Å². The molecule has 5 aliphatic rings. The van der Waals surface area contributed by atoms with Gasteiger partial charge >= 0.3 is 0 Å². The van der Waals surface area contributed by atoms with Crippen LogP contribution in [0.25, 0.3) is 0 Å². The SMILES string of the molecule is CC1COC(CCl)CN1C(=O)C1C2CC3CC(C2)CC1C3. The third kappa shape index (κ3) is 2.41. The minimum Gasteiger partial charge on any atom is -0.373 e. The molecule has 1 saturated heterocycles. The van der Waals surface area contributed by atoms with Gasteiger partial charge < -0.3 is 9.64 Å². The summed E-state index contributed by atoms with van der Waals surface area (Å²) in [6, 6.07) is 0.203. The van der Waals surface area contributed by atoms with Gasteiger partial charge in [-0.05, 0) is 62.7 Å². The highest BCUT2D eigenvalue weighted by Crippen LogP contribution is 2.57. The summed E-state index contributed by atoms with van der Waals surface area (Å²) in [5.74, 6) is 4.38. The van der Waals surface area contributed by atoms with Crippen LogP contribution in [-0.2, 0) is 9.53 Å². The first kappa shape index (κ1) is 14.3. The molecular weight excluding hydrogens is 286 g/mol. The Hall–Kier alpha value is -0.280. The van der Waals surface area contributed by atoms with Crippen LogP contribution in [-0.4, -0.2) is 42.0 Å². The molecule has 2 unspecified atom stereocenters. The fraction of sp³-hybridized carbons (Fsp3) is 0.941. The van der Waals surface area contributed by atoms with Crippen molar-refractivity contribution >= 4 is 17.5 Å². The number of hydrogen-bond donors (Lipinski definition) is 0. The van der Waals surface area contributed by atoms with E-state index in [4.69, 9.17) is 16.3 Å². The predicted octanol–water partition coefficient (Wildman–Crippen LogP) is 2.91. The second-order valence-electron chi connectivity index (χ2n) is 7.91. The average molecular weight is 312 g/mol.